The van der Waals surface area contributed by atoms with E-state index in [1.165, 1.54) is 11.1 Å². The van der Waals surface area contributed by atoms with E-state index in [-0.39, 0.29) is 35.5 Å². The van der Waals surface area contributed by atoms with Crippen molar-refractivity contribution in [3.8, 4) is 0 Å². The van der Waals surface area contributed by atoms with Crippen LogP contribution in [0.4, 0.5) is 17.3 Å². The molecule has 0 unspecified atom stereocenters. The number of rotatable bonds is 6. The normalized spacial score (nSPS) is 16.1. The summed E-state index contributed by atoms with van der Waals surface area (Å²) in [4.78, 5) is 35.8. The molecule has 0 bridgehead atoms. The molecule has 2 aromatic carbocycles. The van der Waals surface area contributed by atoms with E-state index in [9.17, 15) is 9.90 Å². The van der Waals surface area contributed by atoms with Gasteiger partial charge >= 0.3 is 29.6 Å². The topological polar surface area (TPSA) is 128 Å². The Kier molecular flexibility index (Phi) is 25.6. The Hall–Kier alpha value is -3.63. The number of amides is 1. The number of nitrogens with zero attached hydrogens (tertiary/aromatic N) is 7. The zero-order valence-electron chi connectivity index (χ0n) is 43.5. The van der Waals surface area contributed by atoms with Gasteiger partial charge in [0, 0.05) is 114 Å². The van der Waals surface area contributed by atoms with Crippen LogP contribution in [-0.2, 0) is 6.42 Å². The standard InChI is InChI=1S/C31H37ClN4O.C10H15N3.C6H6BrN.C4H10N2.C4H9O.Na/c1-22-19-23(2)27(31(37)36-17-15-35(16-18-36)30-10-6-7-24(3)33-30)21-26(22)20-25-11-13-34(14-12-25)29-9-5-4-8-28(29)32;1-9-3-2-4-10(12-9)13-7-5-11-6-8-13;1-5-3-2-4-6(7)8-5;1-2-6-4-3-5-1;1-4(2,3)5;/h4-10,19,21,25H,11-18,20H2,1-3H3;2-4,11H,5-8H2,1H3;2-4H,1H3;5-6H,1-4H2;1-3H3;/q;;;;-1;+1. The first kappa shape index (κ1) is 58.9. The molecule has 7 heterocycles. The van der Waals surface area contributed by atoms with Crippen molar-refractivity contribution in [1.29, 1.82) is 0 Å². The number of para-hydroxylation sites is 1. The average molecular weight is 1050 g/mol. The number of aryl methyl sites for hydroxylation is 5. The summed E-state index contributed by atoms with van der Waals surface area (Å²) in [5, 5.41) is 20.7. The summed E-state index contributed by atoms with van der Waals surface area (Å²) >= 11 is 9.68. The number of piperazine rings is 3. The van der Waals surface area contributed by atoms with Crippen LogP contribution in [0.2, 0.25) is 5.02 Å². The molecule has 5 aromatic rings. The molecule has 12 nitrogen and oxygen atoms in total. The smallest absolute Gasteiger partial charge is 0.850 e. The number of pyridine rings is 3. The predicted octanol–water partition coefficient (Wildman–Crippen LogP) is 5.36. The number of anilines is 3. The maximum absolute atomic E-state index is 13.6. The number of nitrogens with one attached hydrogen (secondary N) is 3. The van der Waals surface area contributed by atoms with Gasteiger partial charge in [0.25, 0.3) is 5.91 Å². The van der Waals surface area contributed by atoms with E-state index in [1.54, 1.807) is 20.8 Å². The fourth-order valence-corrected chi connectivity index (χ4v) is 9.16. The summed E-state index contributed by atoms with van der Waals surface area (Å²) in [6.45, 7) is 29.1. The summed E-state index contributed by atoms with van der Waals surface area (Å²) in [5.41, 5.74) is 8.08. The molecule has 9 rings (SSSR count). The van der Waals surface area contributed by atoms with Gasteiger partial charge in [-0.1, -0.05) is 68.8 Å². The first-order chi connectivity index (χ1) is 33.0. The first-order valence-corrected chi connectivity index (χ1v) is 25.9. The van der Waals surface area contributed by atoms with Crippen molar-refractivity contribution in [2.45, 2.75) is 80.3 Å². The molecule has 15 heteroatoms. The van der Waals surface area contributed by atoms with Crippen LogP contribution in [0.5, 0.6) is 0 Å². The second-order valence-electron chi connectivity index (χ2n) is 19.2. The molecule has 3 N–H and O–H groups in total. The van der Waals surface area contributed by atoms with Gasteiger partial charge in [-0.25, -0.2) is 15.0 Å². The third kappa shape index (κ3) is 20.8. The molecule has 4 fully saturated rings. The minimum atomic E-state index is -0.750. The van der Waals surface area contributed by atoms with Gasteiger partial charge in [0.1, 0.15) is 16.2 Å². The van der Waals surface area contributed by atoms with E-state index in [4.69, 9.17) is 11.6 Å². The molecule has 1 amide bonds. The Bertz CT molecular complexity index is 2290. The number of piperidine rings is 1. The van der Waals surface area contributed by atoms with Crippen LogP contribution in [0, 0.1) is 40.5 Å². The summed E-state index contributed by atoms with van der Waals surface area (Å²) in [6, 6.07) is 30.7. The van der Waals surface area contributed by atoms with E-state index in [1.807, 2.05) is 74.2 Å². The maximum Gasteiger partial charge on any atom is 1.00 e. The number of halogens is 2. The quantitative estimate of drug-likeness (QED) is 0.150. The van der Waals surface area contributed by atoms with Gasteiger partial charge in [-0.2, -0.15) is 0 Å². The van der Waals surface area contributed by atoms with Gasteiger partial charge in [-0.15, -0.1) is 5.60 Å². The fourth-order valence-electron chi connectivity index (χ4n) is 8.47. The maximum atomic E-state index is 13.6. The molecule has 0 spiro atoms. The zero-order valence-corrected chi connectivity index (χ0v) is 47.8. The Labute approximate surface area is 455 Å². The van der Waals surface area contributed by atoms with Crippen LogP contribution in [0.25, 0.3) is 0 Å². The van der Waals surface area contributed by atoms with Crippen LogP contribution in [0.3, 0.4) is 0 Å². The molecular formula is C55H77BrClN10NaO2. The van der Waals surface area contributed by atoms with Gasteiger partial charge < -0.3 is 40.7 Å². The van der Waals surface area contributed by atoms with Gasteiger partial charge in [0.2, 0.25) is 0 Å². The predicted molar refractivity (Wildman–Crippen MR) is 289 cm³/mol. The Morgan fingerprint density at radius 1 is 0.629 bits per heavy atom. The molecule has 70 heavy (non-hydrogen) atoms. The van der Waals surface area contributed by atoms with E-state index < -0.39 is 5.60 Å². The number of carbonyl (C=O) groups excluding carboxylic acids is 1. The first-order valence-electron chi connectivity index (χ1n) is 24.7. The molecule has 3 aromatic heterocycles. The van der Waals surface area contributed by atoms with Crippen molar-refractivity contribution < 1.29 is 39.5 Å². The van der Waals surface area contributed by atoms with Crippen molar-refractivity contribution >= 4 is 50.8 Å². The van der Waals surface area contributed by atoms with Crippen LogP contribution in [-0.4, -0.2) is 123 Å². The minimum absolute atomic E-state index is 0. The molecule has 0 atom stereocenters. The third-order valence-corrected chi connectivity index (χ3v) is 12.9. The van der Waals surface area contributed by atoms with Crippen LogP contribution >= 0.6 is 27.5 Å². The third-order valence-electron chi connectivity index (χ3n) is 12.1. The van der Waals surface area contributed by atoms with Crippen molar-refractivity contribution in [2.24, 2.45) is 5.92 Å². The number of aromatic nitrogens is 3. The molecule has 0 aliphatic carbocycles. The van der Waals surface area contributed by atoms with E-state index in [0.717, 1.165) is 166 Å². The number of hydrogen-bond acceptors (Lipinski definition) is 11. The van der Waals surface area contributed by atoms with Crippen molar-refractivity contribution in [3.63, 3.8) is 0 Å². The molecule has 4 saturated heterocycles. The SMILES string of the molecule is C1CNCCN1.CC(C)(C)[O-].Cc1cccc(Br)n1.Cc1cccc(N2CCN(C(=O)c3cc(CC4CCN(c5ccccc5Cl)CC4)c(C)cc3C)CC2)n1.Cc1cccc(N2CCNCC2)n1.[Na+]. The second-order valence-corrected chi connectivity index (χ2v) is 20.4. The Morgan fingerprint density at radius 3 is 1.59 bits per heavy atom. The molecule has 0 saturated carbocycles. The van der Waals surface area contributed by atoms with Gasteiger partial charge in [0.05, 0.1) is 10.7 Å². The van der Waals surface area contributed by atoms with E-state index in [2.05, 4.69) is 118 Å². The fraction of sp³-hybridized carbons (Fsp3) is 0.491. The van der Waals surface area contributed by atoms with Crippen LogP contribution in [0.15, 0.2) is 95.6 Å². The Balaban J connectivity index is 0.000000259. The molecule has 0 radical (unpaired) electrons. The molecule has 374 valence electrons. The number of hydrogen-bond donors (Lipinski definition) is 3. The van der Waals surface area contributed by atoms with E-state index >= 15 is 0 Å². The summed E-state index contributed by atoms with van der Waals surface area (Å²) in [5.74, 6) is 2.89. The summed E-state index contributed by atoms with van der Waals surface area (Å²) in [7, 11) is 0. The summed E-state index contributed by atoms with van der Waals surface area (Å²) < 4.78 is 0.900. The van der Waals surface area contributed by atoms with Crippen LogP contribution in [0.1, 0.15) is 77.7 Å². The number of carbonyl (C=O) groups is 1. The van der Waals surface area contributed by atoms with Crippen molar-refractivity contribution in [1.82, 2.24) is 35.8 Å². The van der Waals surface area contributed by atoms with Gasteiger partial charge in [-0.05, 0) is 147 Å². The second kappa shape index (κ2) is 30.4. The molecule has 4 aliphatic rings. The van der Waals surface area contributed by atoms with E-state index in [0.29, 0.717) is 5.92 Å². The van der Waals surface area contributed by atoms with Gasteiger partial charge in [-0.3, -0.25) is 4.79 Å². The molecular weight excluding hydrogens is 971 g/mol. The van der Waals surface area contributed by atoms with Crippen molar-refractivity contribution in [2.75, 3.05) is 106 Å². The monoisotopic (exact) mass is 1050 g/mol. The minimum Gasteiger partial charge on any atom is -0.850 e. The number of benzene rings is 2. The summed E-state index contributed by atoms with van der Waals surface area (Å²) in [6.07, 6.45) is 3.29. The largest absolute Gasteiger partial charge is 1.00 e. The average Bonchev–Trinajstić information content (AvgIpc) is 3.34. The van der Waals surface area contributed by atoms with Gasteiger partial charge in [0.15, 0.2) is 0 Å². The van der Waals surface area contributed by atoms with Crippen LogP contribution < -0.4 is 65.3 Å². The van der Waals surface area contributed by atoms with Crippen molar-refractivity contribution in [3.05, 3.63) is 140 Å². The zero-order chi connectivity index (χ0) is 49.8. The molecule has 4 aliphatic heterocycles. The Morgan fingerprint density at radius 2 is 1.11 bits per heavy atom.